The fourth-order valence-electron chi connectivity index (χ4n) is 3.75. The summed E-state index contributed by atoms with van der Waals surface area (Å²) >= 11 is 0. The van der Waals surface area contributed by atoms with E-state index >= 15 is 0 Å². The van der Waals surface area contributed by atoms with Crippen molar-refractivity contribution in [1.82, 2.24) is 15.0 Å². The van der Waals surface area contributed by atoms with Gasteiger partial charge in [0.15, 0.2) is 9.84 Å². The van der Waals surface area contributed by atoms with Crippen LogP contribution in [0.5, 0.6) is 0 Å². The van der Waals surface area contributed by atoms with E-state index in [1.54, 1.807) is 4.90 Å². The zero-order chi connectivity index (χ0) is 18.1. The lowest BCUT2D eigenvalue weighted by atomic mass is 9.98. The number of hydrogen-bond donors (Lipinski definition) is 0. The molecule has 7 nitrogen and oxygen atoms in total. The Bertz CT molecular complexity index is 894. The highest BCUT2D eigenvalue weighted by atomic mass is 32.2. The molecule has 0 N–H and O–H groups in total. The molecule has 138 valence electrons. The number of likely N-dealkylation sites (tertiary alicyclic amines) is 1. The summed E-state index contributed by atoms with van der Waals surface area (Å²) in [6, 6.07) is 9.26. The lowest BCUT2D eigenvalue weighted by Gasteiger charge is -2.34. The maximum Gasteiger partial charge on any atom is 0.249 e. The van der Waals surface area contributed by atoms with Crippen molar-refractivity contribution in [2.75, 3.05) is 18.1 Å². The summed E-state index contributed by atoms with van der Waals surface area (Å²) in [7, 11) is -3.09. The van der Waals surface area contributed by atoms with Crippen molar-refractivity contribution < 1.29 is 17.7 Å². The summed E-state index contributed by atoms with van der Waals surface area (Å²) in [6.45, 7) is 0.600. The number of carbonyl (C=O) groups excluding carboxylic acids is 1. The molecule has 1 aromatic carbocycles. The molecule has 4 rings (SSSR count). The van der Waals surface area contributed by atoms with Gasteiger partial charge in [-0.25, -0.2) is 8.42 Å². The van der Waals surface area contributed by atoms with Crippen molar-refractivity contribution in [3.05, 3.63) is 36.2 Å². The minimum absolute atomic E-state index is 0.0475. The molecule has 1 amide bonds. The normalized spacial score (nSPS) is 25.3. The van der Waals surface area contributed by atoms with E-state index in [-0.39, 0.29) is 23.5 Å². The zero-order valence-electron chi connectivity index (χ0n) is 14.4. The molecule has 2 atom stereocenters. The number of carbonyl (C=O) groups is 1. The number of sulfone groups is 1. The van der Waals surface area contributed by atoms with E-state index in [1.165, 1.54) is 0 Å². The lowest BCUT2D eigenvalue weighted by Crippen LogP contribution is -2.42. The van der Waals surface area contributed by atoms with Crippen LogP contribution in [0.15, 0.2) is 34.9 Å². The highest BCUT2D eigenvalue weighted by Crippen LogP contribution is 2.34. The molecule has 2 fully saturated rings. The van der Waals surface area contributed by atoms with E-state index < -0.39 is 15.8 Å². The summed E-state index contributed by atoms with van der Waals surface area (Å²) in [5.74, 6) is 0.432. The third kappa shape index (κ3) is 3.38. The SMILES string of the molecule is O=C([C@@H]1CCS(=O)(=O)C1)N1CCCC[C@H]1c1nc(-c2ccccc2)no1. The van der Waals surface area contributed by atoms with E-state index in [0.717, 1.165) is 24.8 Å². The van der Waals surface area contributed by atoms with Crippen LogP contribution in [-0.2, 0) is 14.6 Å². The van der Waals surface area contributed by atoms with Crippen LogP contribution < -0.4 is 0 Å². The van der Waals surface area contributed by atoms with Gasteiger partial charge in [-0.3, -0.25) is 4.79 Å². The van der Waals surface area contributed by atoms with Crippen LogP contribution in [0.25, 0.3) is 11.4 Å². The van der Waals surface area contributed by atoms with E-state index in [4.69, 9.17) is 4.52 Å². The second-order valence-corrected chi connectivity index (χ2v) is 9.19. The first-order valence-corrected chi connectivity index (χ1v) is 10.8. The Labute approximate surface area is 152 Å². The van der Waals surface area contributed by atoms with Crippen molar-refractivity contribution in [1.29, 1.82) is 0 Å². The summed E-state index contributed by atoms with van der Waals surface area (Å²) in [6.07, 6.45) is 3.03. The minimum atomic E-state index is -3.09. The molecule has 2 saturated heterocycles. The largest absolute Gasteiger partial charge is 0.337 e. The first kappa shape index (κ1) is 17.2. The van der Waals surface area contributed by atoms with Crippen LogP contribution >= 0.6 is 0 Å². The molecule has 3 heterocycles. The molecule has 0 unspecified atom stereocenters. The molecule has 2 aliphatic heterocycles. The van der Waals surface area contributed by atoms with E-state index in [2.05, 4.69) is 10.1 Å². The van der Waals surface area contributed by atoms with E-state index in [9.17, 15) is 13.2 Å². The number of benzene rings is 1. The molecule has 1 aromatic heterocycles. The van der Waals surface area contributed by atoms with Crippen molar-refractivity contribution >= 4 is 15.7 Å². The van der Waals surface area contributed by atoms with Crippen molar-refractivity contribution in [3.63, 3.8) is 0 Å². The Hall–Kier alpha value is -2.22. The van der Waals surface area contributed by atoms with Crippen LogP contribution in [0.2, 0.25) is 0 Å². The van der Waals surface area contributed by atoms with Crippen molar-refractivity contribution in [2.24, 2.45) is 5.92 Å². The van der Waals surface area contributed by atoms with Gasteiger partial charge in [-0.1, -0.05) is 35.5 Å². The average molecular weight is 375 g/mol. The fourth-order valence-corrected chi connectivity index (χ4v) is 5.48. The standard InChI is InChI=1S/C18H21N3O4S/c22-18(14-9-11-26(23,24)12-14)21-10-5-4-8-15(21)17-19-16(20-25-17)13-6-2-1-3-7-13/h1-3,6-7,14-15H,4-5,8-12H2/t14-,15+/m1/s1. The Morgan fingerprint density at radius 3 is 2.69 bits per heavy atom. The van der Waals surface area contributed by atoms with Crippen LogP contribution in [0, 0.1) is 5.92 Å². The predicted molar refractivity (Wildman–Crippen MR) is 94.8 cm³/mol. The van der Waals surface area contributed by atoms with Crippen LogP contribution in [0.3, 0.4) is 0 Å². The molecule has 8 heteroatoms. The zero-order valence-corrected chi connectivity index (χ0v) is 15.2. The minimum Gasteiger partial charge on any atom is -0.337 e. The number of aromatic nitrogens is 2. The molecule has 26 heavy (non-hydrogen) atoms. The van der Waals surface area contributed by atoms with Crippen LogP contribution in [-0.4, -0.2) is 47.4 Å². The maximum atomic E-state index is 12.9. The summed E-state index contributed by atoms with van der Waals surface area (Å²) in [4.78, 5) is 19.2. The summed E-state index contributed by atoms with van der Waals surface area (Å²) in [5.41, 5.74) is 0.859. The van der Waals surface area contributed by atoms with Gasteiger partial charge in [-0.05, 0) is 25.7 Å². The highest BCUT2D eigenvalue weighted by Gasteiger charge is 2.40. The predicted octanol–water partition coefficient (Wildman–Crippen LogP) is 2.22. The Morgan fingerprint density at radius 1 is 1.15 bits per heavy atom. The quantitative estimate of drug-likeness (QED) is 0.817. The second-order valence-electron chi connectivity index (χ2n) is 6.97. The first-order valence-electron chi connectivity index (χ1n) is 8.93. The first-order chi connectivity index (χ1) is 12.5. The van der Waals surface area contributed by atoms with Crippen LogP contribution in [0.4, 0.5) is 0 Å². The smallest absolute Gasteiger partial charge is 0.249 e. The van der Waals surface area contributed by atoms with Crippen LogP contribution in [0.1, 0.15) is 37.6 Å². The highest BCUT2D eigenvalue weighted by molar-refractivity contribution is 7.91. The molecular formula is C18H21N3O4S. The number of nitrogens with zero attached hydrogens (tertiary/aromatic N) is 3. The number of rotatable bonds is 3. The Kier molecular flexibility index (Phi) is 4.52. The van der Waals surface area contributed by atoms with Gasteiger partial charge in [-0.15, -0.1) is 0 Å². The van der Waals surface area contributed by atoms with Gasteiger partial charge in [0, 0.05) is 12.1 Å². The third-order valence-electron chi connectivity index (χ3n) is 5.13. The number of amides is 1. The van der Waals surface area contributed by atoms with E-state index in [1.807, 2.05) is 30.3 Å². The van der Waals surface area contributed by atoms with Gasteiger partial charge in [0.25, 0.3) is 0 Å². The summed E-state index contributed by atoms with van der Waals surface area (Å²) in [5, 5.41) is 4.06. The van der Waals surface area contributed by atoms with Crippen molar-refractivity contribution in [3.8, 4) is 11.4 Å². The van der Waals surface area contributed by atoms with Gasteiger partial charge >= 0.3 is 0 Å². The molecule has 0 radical (unpaired) electrons. The maximum absolute atomic E-state index is 12.9. The molecule has 0 aliphatic carbocycles. The average Bonchev–Trinajstić information content (AvgIpc) is 3.28. The second kappa shape index (κ2) is 6.83. The van der Waals surface area contributed by atoms with Crippen molar-refractivity contribution in [2.45, 2.75) is 31.7 Å². The fraction of sp³-hybridized carbons (Fsp3) is 0.500. The number of hydrogen-bond acceptors (Lipinski definition) is 6. The van der Waals surface area contributed by atoms with Gasteiger partial charge in [0.05, 0.1) is 17.4 Å². The Morgan fingerprint density at radius 2 is 1.96 bits per heavy atom. The topological polar surface area (TPSA) is 93.4 Å². The third-order valence-corrected chi connectivity index (χ3v) is 6.89. The lowest BCUT2D eigenvalue weighted by molar-refractivity contribution is -0.139. The number of piperidine rings is 1. The molecule has 0 spiro atoms. The summed E-state index contributed by atoms with van der Waals surface area (Å²) < 4.78 is 28.9. The monoisotopic (exact) mass is 375 g/mol. The van der Waals surface area contributed by atoms with Gasteiger partial charge in [-0.2, -0.15) is 4.98 Å². The van der Waals surface area contributed by atoms with Gasteiger partial charge in [0.1, 0.15) is 6.04 Å². The molecule has 0 saturated carbocycles. The van der Waals surface area contributed by atoms with Gasteiger partial charge in [0.2, 0.25) is 17.6 Å². The Balaban J connectivity index is 1.56. The molecule has 0 bridgehead atoms. The molecular weight excluding hydrogens is 354 g/mol. The molecule has 2 aliphatic rings. The van der Waals surface area contributed by atoms with Gasteiger partial charge < -0.3 is 9.42 Å². The molecule has 2 aromatic rings. The van der Waals surface area contributed by atoms with E-state index in [0.29, 0.717) is 24.7 Å².